The molecular formula is C16H21Cl2N3OS. The van der Waals surface area contributed by atoms with Gasteiger partial charge in [-0.1, -0.05) is 6.07 Å². The molecule has 0 unspecified atom stereocenters. The highest BCUT2D eigenvalue weighted by Crippen LogP contribution is 2.17. The fraction of sp³-hybridized carbons (Fsp3) is 0.312. The number of nitrogens with zero attached hydrogens (tertiary/aromatic N) is 3. The van der Waals surface area contributed by atoms with Crippen molar-refractivity contribution >= 4 is 42.5 Å². The van der Waals surface area contributed by atoms with Crippen LogP contribution in [0.4, 0.5) is 0 Å². The van der Waals surface area contributed by atoms with Crippen LogP contribution in [-0.4, -0.2) is 33.1 Å². The van der Waals surface area contributed by atoms with Crippen LogP contribution in [-0.2, 0) is 11.3 Å². The molecule has 0 saturated heterocycles. The summed E-state index contributed by atoms with van der Waals surface area (Å²) < 4.78 is 0. The molecule has 126 valence electrons. The minimum Gasteiger partial charge on any atom is -0.337 e. The topological polar surface area (TPSA) is 46.1 Å². The average Bonchev–Trinajstić information content (AvgIpc) is 2.52. The first-order chi connectivity index (χ1) is 10.3. The van der Waals surface area contributed by atoms with E-state index in [2.05, 4.69) is 9.97 Å². The average molecular weight is 374 g/mol. The Morgan fingerprint density at radius 3 is 2.48 bits per heavy atom. The molecule has 0 aliphatic carbocycles. The number of pyridine rings is 2. The molecule has 23 heavy (non-hydrogen) atoms. The Morgan fingerprint density at radius 2 is 1.87 bits per heavy atom. The third-order valence-electron chi connectivity index (χ3n) is 3.02. The Balaban J connectivity index is 0.00000242. The van der Waals surface area contributed by atoms with Gasteiger partial charge < -0.3 is 4.90 Å². The molecule has 0 saturated carbocycles. The summed E-state index contributed by atoms with van der Waals surface area (Å²) in [5.41, 5.74) is 0.925. The SMILES string of the molecule is CC(=O)N(CCCSc1ccncc1)Cc1ccccn1.Cl.Cl. The van der Waals surface area contributed by atoms with Crippen LogP contribution in [0.3, 0.4) is 0 Å². The Morgan fingerprint density at radius 1 is 1.13 bits per heavy atom. The molecule has 0 aliphatic rings. The molecule has 2 aromatic rings. The third-order valence-corrected chi connectivity index (χ3v) is 4.11. The van der Waals surface area contributed by atoms with Gasteiger partial charge >= 0.3 is 0 Å². The number of hydrogen-bond acceptors (Lipinski definition) is 4. The molecular weight excluding hydrogens is 353 g/mol. The number of carbonyl (C=O) groups excluding carboxylic acids is 1. The van der Waals surface area contributed by atoms with Gasteiger partial charge in [0.1, 0.15) is 0 Å². The van der Waals surface area contributed by atoms with E-state index in [1.807, 2.05) is 35.2 Å². The second-order valence-electron chi connectivity index (χ2n) is 4.65. The minimum atomic E-state index is 0. The van der Waals surface area contributed by atoms with E-state index in [1.165, 1.54) is 4.90 Å². The zero-order valence-corrected chi connectivity index (χ0v) is 15.4. The lowest BCUT2D eigenvalue weighted by Gasteiger charge is -2.20. The maximum atomic E-state index is 11.7. The van der Waals surface area contributed by atoms with E-state index in [-0.39, 0.29) is 30.7 Å². The lowest BCUT2D eigenvalue weighted by Crippen LogP contribution is -2.29. The van der Waals surface area contributed by atoms with Crippen molar-refractivity contribution in [1.82, 2.24) is 14.9 Å². The number of amides is 1. The van der Waals surface area contributed by atoms with Gasteiger partial charge in [0.05, 0.1) is 12.2 Å². The van der Waals surface area contributed by atoms with Crippen molar-refractivity contribution in [3.8, 4) is 0 Å². The number of aromatic nitrogens is 2. The summed E-state index contributed by atoms with van der Waals surface area (Å²) in [5.74, 6) is 1.07. The van der Waals surface area contributed by atoms with Crippen LogP contribution in [0.2, 0.25) is 0 Å². The van der Waals surface area contributed by atoms with E-state index in [1.54, 1.807) is 37.3 Å². The van der Waals surface area contributed by atoms with E-state index < -0.39 is 0 Å². The van der Waals surface area contributed by atoms with E-state index in [0.717, 1.165) is 24.4 Å². The molecule has 0 radical (unpaired) electrons. The summed E-state index contributed by atoms with van der Waals surface area (Å²) in [4.78, 5) is 23.0. The second-order valence-corrected chi connectivity index (χ2v) is 5.81. The van der Waals surface area contributed by atoms with Gasteiger partial charge in [-0.25, -0.2) is 0 Å². The van der Waals surface area contributed by atoms with Crippen molar-refractivity contribution < 1.29 is 4.79 Å². The third kappa shape index (κ3) is 8.21. The Bertz CT molecular complexity index is 558. The largest absolute Gasteiger partial charge is 0.337 e. The summed E-state index contributed by atoms with van der Waals surface area (Å²) in [7, 11) is 0. The van der Waals surface area contributed by atoms with E-state index >= 15 is 0 Å². The number of thioether (sulfide) groups is 1. The molecule has 7 heteroatoms. The minimum absolute atomic E-state index is 0. The molecule has 0 spiro atoms. The van der Waals surface area contributed by atoms with Crippen LogP contribution in [0.1, 0.15) is 19.0 Å². The number of halogens is 2. The van der Waals surface area contributed by atoms with Gasteiger partial charge in [-0.05, 0) is 36.4 Å². The monoisotopic (exact) mass is 373 g/mol. The molecule has 0 fully saturated rings. The van der Waals surface area contributed by atoms with Crippen molar-refractivity contribution in [3.63, 3.8) is 0 Å². The predicted molar refractivity (Wildman–Crippen MR) is 99.4 cm³/mol. The van der Waals surface area contributed by atoms with Gasteiger partial charge in [0.15, 0.2) is 0 Å². The Labute approximate surface area is 153 Å². The molecule has 0 bridgehead atoms. The Hall–Kier alpha value is -1.30. The van der Waals surface area contributed by atoms with Gasteiger partial charge in [-0.15, -0.1) is 36.6 Å². The molecule has 2 aromatic heterocycles. The lowest BCUT2D eigenvalue weighted by molar-refractivity contribution is -0.129. The Kier molecular flexibility index (Phi) is 11.5. The lowest BCUT2D eigenvalue weighted by atomic mass is 10.3. The molecule has 4 nitrogen and oxygen atoms in total. The van der Waals surface area contributed by atoms with Crippen molar-refractivity contribution in [1.29, 1.82) is 0 Å². The fourth-order valence-corrected chi connectivity index (χ4v) is 2.74. The second kappa shape index (κ2) is 12.2. The first-order valence-electron chi connectivity index (χ1n) is 6.94. The quantitative estimate of drug-likeness (QED) is 0.546. The van der Waals surface area contributed by atoms with Gasteiger partial charge in [0.25, 0.3) is 0 Å². The summed E-state index contributed by atoms with van der Waals surface area (Å²) in [6.45, 7) is 2.94. The summed E-state index contributed by atoms with van der Waals surface area (Å²) in [6.07, 6.45) is 6.31. The molecule has 0 aromatic carbocycles. The molecule has 0 atom stereocenters. The number of rotatable bonds is 7. The summed E-state index contributed by atoms with van der Waals surface area (Å²) in [6, 6.07) is 9.77. The smallest absolute Gasteiger partial charge is 0.219 e. The van der Waals surface area contributed by atoms with Crippen LogP contribution in [0.5, 0.6) is 0 Å². The summed E-state index contributed by atoms with van der Waals surface area (Å²) >= 11 is 1.79. The zero-order chi connectivity index (χ0) is 14.9. The molecule has 0 N–H and O–H groups in total. The maximum absolute atomic E-state index is 11.7. The summed E-state index contributed by atoms with van der Waals surface area (Å²) in [5, 5.41) is 0. The zero-order valence-electron chi connectivity index (χ0n) is 12.9. The first-order valence-corrected chi connectivity index (χ1v) is 7.92. The molecule has 0 aliphatic heterocycles. The van der Waals surface area contributed by atoms with Crippen molar-refractivity contribution in [3.05, 3.63) is 54.6 Å². The van der Waals surface area contributed by atoms with E-state index in [4.69, 9.17) is 0 Å². The van der Waals surface area contributed by atoms with Crippen LogP contribution in [0.15, 0.2) is 53.8 Å². The van der Waals surface area contributed by atoms with Gasteiger partial charge in [0, 0.05) is 37.0 Å². The van der Waals surface area contributed by atoms with Crippen LogP contribution < -0.4 is 0 Å². The highest BCUT2D eigenvalue weighted by Gasteiger charge is 2.09. The maximum Gasteiger partial charge on any atom is 0.219 e. The predicted octanol–water partition coefficient (Wildman–Crippen LogP) is 3.85. The van der Waals surface area contributed by atoms with Crippen molar-refractivity contribution in [2.45, 2.75) is 24.8 Å². The number of hydrogen-bond donors (Lipinski definition) is 0. The van der Waals surface area contributed by atoms with Crippen molar-refractivity contribution in [2.75, 3.05) is 12.3 Å². The standard InChI is InChI=1S/C16H19N3OS.2ClH/c1-14(20)19(13-15-5-2-3-8-18-15)11-4-12-21-16-6-9-17-10-7-16;;/h2-3,5-10H,4,11-13H2,1H3;2*1H. The molecule has 1 amide bonds. The van der Waals surface area contributed by atoms with Crippen LogP contribution in [0.25, 0.3) is 0 Å². The fourth-order valence-electron chi connectivity index (χ4n) is 1.91. The van der Waals surface area contributed by atoms with Gasteiger partial charge in [0.2, 0.25) is 5.91 Å². The first kappa shape index (κ1) is 21.7. The van der Waals surface area contributed by atoms with Crippen LogP contribution >= 0.6 is 36.6 Å². The molecule has 2 rings (SSSR count). The molecule has 2 heterocycles. The van der Waals surface area contributed by atoms with Crippen LogP contribution in [0, 0.1) is 0 Å². The van der Waals surface area contributed by atoms with Crippen molar-refractivity contribution in [2.24, 2.45) is 0 Å². The highest BCUT2D eigenvalue weighted by atomic mass is 35.5. The van der Waals surface area contributed by atoms with E-state index in [0.29, 0.717) is 6.54 Å². The van der Waals surface area contributed by atoms with Gasteiger partial charge in [-0.2, -0.15) is 0 Å². The number of carbonyl (C=O) groups is 1. The van der Waals surface area contributed by atoms with E-state index in [9.17, 15) is 4.79 Å². The van der Waals surface area contributed by atoms with Gasteiger partial charge in [-0.3, -0.25) is 14.8 Å². The highest BCUT2D eigenvalue weighted by molar-refractivity contribution is 7.99. The normalized spacial score (nSPS) is 9.43.